The normalized spacial score (nSPS) is 37.7. The summed E-state index contributed by atoms with van der Waals surface area (Å²) in [6.07, 6.45) is 10.00. The molecule has 3 atom stereocenters. The van der Waals surface area contributed by atoms with E-state index in [0.29, 0.717) is 0 Å². The van der Waals surface area contributed by atoms with Crippen LogP contribution < -0.4 is 5.32 Å². The summed E-state index contributed by atoms with van der Waals surface area (Å²) in [6.45, 7) is 3.90. The van der Waals surface area contributed by atoms with Crippen LogP contribution in [-0.4, -0.2) is 61.7 Å². The summed E-state index contributed by atoms with van der Waals surface area (Å²) < 4.78 is 0. The van der Waals surface area contributed by atoms with Gasteiger partial charge >= 0.3 is 0 Å². The fourth-order valence-electron chi connectivity index (χ4n) is 4.50. The quantitative estimate of drug-likeness (QED) is 0.841. The van der Waals surface area contributed by atoms with E-state index >= 15 is 0 Å². The van der Waals surface area contributed by atoms with Crippen molar-refractivity contribution >= 4 is 0 Å². The minimum absolute atomic E-state index is 0.781. The third-order valence-electron chi connectivity index (χ3n) is 5.71. The zero-order valence-corrected chi connectivity index (χ0v) is 12.8. The van der Waals surface area contributed by atoms with E-state index in [4.69, 9.17) is 0 Å². The Morgan fingerprint density at radius 3 is 2.47 bits per heavy atom. The van der Waals surface area contributed by atoms with Crippen molar-refractivity contribution in [1.29, 1.82) is 0 Å². The molecule has 0 aromatic heterocycles. The third-order valence-corrected chi connectivity index (χ3v) is 5.71. The molecule has 0 amide bonds. The smallest absolute Gasteiger partial charge is 0.0200 e. The molecule has 3 unspecified atom stereocenters. The highest BCUT2D eigenvalue weighted by Gasteiger charge is 2.35. The van der Waals surface area contributed by atoms with Crippen molar-refractivity contribution < 1.29 is 0 Å². The van der Waals surface area contributed by atoms with E-state index in [-0.39, 0.29) is 0 Å². The van der Waals surface area contributed by atoms with E-state index in [2.05, 4.69) is 29.2 Å². The van der Waals surface area contributed by atoms with Crippen LogP contribution in [0.1, 0.15) is 44.9 Å². The lowest BCUT2D eigenvalue weighted by Crippen LogP contribution is -2.46. The molecule has 1 aliphatic carbocycles. The van der Waals surface area contributed by atoms with E-state index in [1.807, 2.05) is 0 Å². The second kappa shape index (κ2) is 6.11. The molecule has 0 spiro atoms. The van der Waals surface area contributed by atoms with Gasteiger partial charge in [-0.3, -0.25) is 0 Å². The van der Waals surface area contributed by atoms with Crippen LogP contribution in [-0.2, 0) is 0 Å². The molecular formula is C16H31N3. The molecule has 2 saturated heterocycles. The van der Waals surface area contributed by atoms with Gasteiger partial charge in [-0.25, -0.2) is 0 Å². The molecule has 0 aromatic rings. The Morgan fingerprint density at radius 2 is 1.79 bits per heavy atom. The lowest BCUT2D eigenvalue weighted by Gasteiger charge is -2.36. The molecule has 1 N–H and O–H groups in total. The van der Waals surface area contributed by atoms with Gasteiger partial charge < -0.3 is 15.1 Å². The number of rotatable bonds is 3. The number of piperidine rings is 1. The largest absolute Gasteiger partial charge is 0.310 e. The van der Waals surface area contributed by atoms with Crippen LogP contribution in [0.25, 0.3) is 0 Å². The van der Waals surface area contributed by atoms with Gasteiger partial charge in [0.1, 0.15) is 0 Å². The Hall–Kier alpha value is -0.120. The second-order valence-electron chi connectivity index (χ2n) is 7.25. The first-order chi connectivity index (χ1) is 9.22. The zero-order chi connectivity index (χ0) is 13.2. The maximum atomic E-state index is 3.92. The second-order valence-corrected chi connectivity index (χ2v) is 7.25. The van der Waals surface area contributed by atoms with E-state index in [9.17, 15) is 0 Å². The van der Waals surface area contributed by atoms with Crippen molar-refractivity contribution in [3.63, 3.8) is 0 Å². The van der Waals surface area contributed by atoms with Gasteiger partial charge in [-0.05, 0) is 65.2 Å². The van der Waals surface area contributed by atoms with Crippen LogP contribution in [0.3, 0.4) is 0 Å². The van der Waals surface area contributed by atoms with Crippen LogP contribution in [0.5, 0.6) is 0 Å². The summed E-state index contributed by atoms with van der Waals surface area (Å²) >= 11 is 0. The highest BCUT2D eigenvalue weighted by atomic mass is 15.2. The van der Waals surface area contributed by atoms with Gasteiger partial charge in [0.2, 0.25) is 0 Å². The van der Waals surface area contributed by atoms with Crippen LogP contribution in [0.2, 0.25) is 0 Å². The molecule has 110 valence electrons. The molecule has 0 aromatic carbocycles. The number of likely N-dealkylation sites (tertiary alicyclic amines) is 1. The van der Waals surface area contributed by atoms with Crippen molar-refractivity contribution in [2.75, 3.05) is 33.7 Å². The Morgan fingerprint density at radius 1 is 1.05 bits per heavy atom. The van der Waals surface area contributed by atoms with Gasteiger partial charge in [-0.1, -0.05) is 12.8 Å². The average molecular weight is 265 g/mol. The first-order valence-electron chi connectivity index (χ1n) is 8.37. The van der Waals surface area contributed by atoms with Crippen molar-refractivity contribution in [1.82, 2.24) is 15.1 Å². The topological polar surface area (TPSA) is 18.5 Å². The van der Waals surface area contributed by atoms with E-state index in [1.165, 1.54) is 64.6 Å². The Labute approximate surface area is 118 Å². The monoisotopic (exact) mass is 265 g/mol. The predicted octanol–water partition coefficient (Wildman–Crippen LogP) is 1.93. The molecule has 0 radical (unpaired) electrons. The van der Waals surface area contributed by atoms with Crippen LogP contribution >= 0.6 is 0 Å². The number of hydrogen-bond donors (Lipinski definition) is 1. The summed E-state index contributed by atoms with van der Waals surface area (Å²) in [4.78, 5) is 5.11. The maximum Gasteiger partial charge on any atom is 0.0200 e. The predicted molar refractivity (Wildman–Crippen MR) is 80.4 cm³/mol. The van der Waals surface area contributed by atoms with Gasteiger partial charge in [0.15, 0.2) is 0 Å². The Kier molecular flexibility index (Phi) is 4.45. The molecule has 1 saturated carbocycles. The number of nitrogens with one attached hydrogen (secondary N) is 1. The summed E-state index contributed by atoms with van der Waals surface area (Å²) in [7, 11) is 4.45. The van der Waals surface area contributed by atoms with Crippen molar-refractivity contribution in [3.8, 4) is 0 Å². The van der Waals surface area contributed by atoms with Crippen LogP contribution in [0, 0.1) is 5.92 Å². The maximum absolute atomic E-state index is 3.92. The molecule has 0 bridgehead atoms. The molecule has 3 fully saturated rings. The van der Waals surface area contributed by atoms with Gasteiger partial charge in [0.25, 0.3) is 0 Å². The van der Waals surface area contributed by atoms with Crippen LogP contribution in [0.15, 0.2) is 0 Å². The standard InChI is InChI=1S/C16H31N3/c1-18(2)15-7-9-19(10-8-15)12-14-11-13-5-3-4-6-16(13)17-14/h13-17H,3-12H2,1-2H3. The Bertz CT molecular complexity index is 270. The Balaban J connectivity index is 1.43. The highest BCUT2D eigenvalue weighted by Crippen LogP contribution is 2.33. The lowest BCUT2D eigenvalue weighted by molar-refractivity contribution is 0.136. The van der Waals surface area contributed by atoms with Gasteiger partial charge in [0, 0.05) is 24.7 Å². The van der Waals surface area contributed by atoms with Crippen molar-refractivity contribution in [2.24, 2.45) is 5.92 Å². The summed E-state index contributed by atoms with van der Waals surface area (Å²) in [6, 6.07) is 2.46. The molecule has 2 heterocycles. The number of fused-ring (bicyclic) bond motifs is 1. The minimum atomic E-state index is 0.781. The number of hydrogen-bond acceptors (Lipinski definition) is 3. The SMILES string of the molecule is CN(C)C1CCN(CC2CC3CCCCC3N2)CC1. The first-order valence-corrected chi connectivity index (χ1v) is 8.37. The molecule has 3 heteroatoms. The average Bonchev–Trinajstić information content (AvgIpc) is 2.81. The van der Waals surface area contributed by atoms with E-state index < -0.39 is 0 Å². The summed E-state index contributed by atoms with van der Waals surface area (Å²) in [5.41, 5.74) is 0. The molecule has 2 aliphatic heterocycles. The first kappa shape index (κ1) is 13.8. The summed E-state index contributed by atoms with van der Waals surface area (Å²) in [5, 5.41) is 3.92. The molecule has 3 nitrogen and oxygen atoms in total. The number of nitrogens with zero attached hydrogens (tertiary/aromatic N) is 2. The molecule has 3 aliphatic rings. The molecule has 19 heavy (non-hydrogen) atoms. The fourth-order valence-corrected chi connectivity index (χ4v) is 4.50. The minimum Gasteiger partial charge on any atom is -0.310 e. The zero-order valence-electron chi connectivity index (χ0n) is 12.8. The van der Waals surface area contributed by atoms with Crippen molar-refractivity contribution in [2.45, 2.75) is 63.1 Å². The fraction of sp³-hybridized carbons (Fsp3) is 1.00. The lowest BCUT2D eigenvalue weighted by atomic mass is 9.85. The van der Waals surface area contributed by atoms with Gasteiger partial charge in [0.05, 0.1) is 0 Å². The highest BCUT2D eigenvalue weighted by molar-refractivity contribution is 4.94. The van der Waals surface area contributed by atoms with Gasteiger partial charge in [-0.2, -0.15) is 0 Å². The molecular weight excluding hydrogens is 234 g/mol. The summed E-state index contributed by atoms with van der Waals surface area (Å²) in [5.74, 6) is 0.998. The van der Waals surface area contributed by atoms with E-state index in [0.717, 1.165) is 24.0 Å². The van der Waals surface area contributed by atoms with Crippen LogP contribution in [0.4, 0.5) is 0 Å². The third kappa shape index (κ3) is 3.32. The van der Waals surface area contributed by atoms with Crippen molar-refractivity contribution in [3.05, 3.63) is 0 Å². The van der Waals surface area contributed by atoms with Gasteiger partial charge in [-0.15, -0.1) is 0 Å². The molecule has 3 rings (SSSR count). The van der Waals surface area contributed by atoms with E-state index in [1.54, 1.807) is 0 Å².